The predicted molar refractivity (Wildman–Crippen MR) is 81.2 cm³/mol. The molecule has 1 aromatic heterocycles. The number of carbonyl (C=O) groups is 1. The number of rotatable bonds is 7. The normalized spacial score (nSPS) is 17.6. The van der Waals surface area contributed by atoms with E-state index in [0.29, 0.717) is 11.6 Å². The number of nitrogens with zero attached hydrogens (tertiary/aromatic N) is 3. The molecule has 2 amide bonds. The summed E-state index contributed by atoms with van der Waals surface area (Å²) in [7, 11) is 4.01. The van der Waals surface area contributed by atoms with Crippen molar-refractivity contribution in [2.24, 2.45) is 5.92 Å². The molecule has 2 rings (SSSR count). The average molecular weight is 295 g/mol. The zero-order valence-corrected chi connectivity index (χ0v) is 13.0. The molecule has 0 spiro atoms. The highest BCUT2D eigenvalue weighted by Gasteiger charge is 2.42. The number of urea groups is 1. The Morgan fingerprint density at radius 3 is 2.86 bits per heavy atom. The third kappa shape index (κ3) is 4.44. The first-order valence-corrected chi connectivity index (χ1v) is 7.30. The first-order valence-electron chi connectivity index (χ1n) is 7.30. The Bertz CT molecular complexity index is 483. The molecule has 1 aromatic rings. The molecule has 7 nitrogen and oxygen atoms in total. The molecule has 0 saturated heterocycles. The smallest absolute Gasteiger partial charge is 0.319 e. The van der Waals surface area contributed by atoms with Crippen molar-refractivity contribution in [3.8, 4) is 0 Å². The lowest BCUT2D eigenvalue weighted by molar-refractivity contribution is 0.159. The molecule has 0 aromatic carbocycles. The molecule has 1 aliphatic rings. The van der Waals surface area contributed by atoms with Crippen LogP contribution in [-0.2, 0) is 6.54 Å². The first-order chi connectivity index (χ1) is 9.93. The van der Waals surface area contributed by atoms with E-state index in [1.807, 2.05) is 21.0 Å². The van der Waals surface area contributed by atoms with Gasteiger partial charge in [0.25, 0.3) is 0 Å². The number of aliphatic hydroxyl groups is 1. The summed E-state index contributed by atoms with van der Waals surface area (Å²) in [4.78, 5) is 14.1. The fraction of sp³-hybridized carbons (Fsp3) is 0.714. The maximum atomic E-state index is 12.0. The Kier molecular flexibility index (Phi) is 4.84. The van der Waals surface area contributed by atoms with Gasteiger partial charge < -0.3 is 20.6 Å². The highest BCUT2D eigenvalue weighted by atomic mass is 16.3. The maximum Gasteiger partial charge on any atom is 0.319 e. The van der Waals surface area contributed by atoms with Crippen molar-refractivity contribution in [2.75, 3.05) is 32.6 Å². The van der Waals surface area contributed by atoms with Crippen LogP contribution in [0.5, 0.6) is 0 Å². The van der Waals surface area contributed by atoms with Gasteiger partial charge >= 0.3 is 6.03 Å². The van der Waals surface area contributed by atoms with Crippen LogP contribution in [0.25, 0.3) is 0 Å². The van der Waals surface area contributed by atoms with Crippen molar-refractivity contribution in [1.82, 2.24) is 20.0 Å². The minimum absolute atomic E-state index is 0.0484. The molecule has 0 aliphatic heterocycles. The third-order valence-corrected chi connectivity index (χ3v) is 3.87. The zero-order chi connectivity index (χ0) is 15.5. The highest BCUT2D eigenvalue weighted by molar-refractivity contribution is 5.89. The van der Waals surface area contributed by atoms with Crippen molar-refractivity contribution in [3.05, 3.63) is 12.4 Å². The van der Waals surface area contributed by atoms with Crippen LogP contribution >= 0.6 is 0 Å². The van der Waals surface area contributed by atoms with Crippen LogP contribution in [0, 0.1) is 5.92 Å². The SMILES string of the molecule is CN(C)CCn1cc(NC(=O)NC(C)(CO)C2CC2)cn1. The van der Waals surface area contributed by atoms with Crippen LogP contribution in [0.15, 0.2) is 12.4 Å². The number of nitrogens with one attached hydrogen (secondary N) is 2. The van der Waals surface area contributed by atoms with E-state index in [1.165, 1.54) is 0 Å². The summed E-state index contributed by atoms with van der Waals surface area (Å²) in [5.74, 6) is 0.371. The predicted octanol–water partition coefficient (Wildman–Crippen LogP) is 0.727. The second-order valence-electron chi connectivity index (χ2n) is 6.22. The van der Waals surface area contributed by atoms with Crippen molar-refractivity contribution >= 4 is 11.7 Å². The number of likely N-dealkylation sites (N-methyl/N-ethyl adjacent to an activating group) is 1. The molecule has 7 heteroatoms. The summed E-state index contributed by atoms with van der Waals surface area (Å²) in [5, 5.41) is 19.3. The number of carbonyl (C=O) groups excluding carboxylic acids is 1. The van der Waals surface area contributed by atoms with Crippen LogP contribution in [0.4, 0.5) is 10.5 Å². The van der Waals surface area contributed by atoms with Crippen LogP contribution in [-0.4, -0.2) is 58.6 Å². The summed E-state index contributed by atoms with van der Waals surface area (Å²) in [6.07, 6.45) is 5.54. The molecular weight excluding hydrogens is 270 g/mol. The summed E-state index contributed by atoms with van der Waals surface area (Å²) in [6.45, 7) is 3.49. The Balaban J connectivity index is 1.85. The Morgan fingerprint density at radius 1 is 1.57 bits per heavy atom. The van der Waals surface area contributed by atoms with E-state index in [4.69, 9.17) is 0 Å². The van der Waals surface area contributed by atoms with Gasteiger partial charge in [0.2, 0.25) is 0 Å². The number of hydrogen-bond acceptors (Lipinski definition) is 4. The lowest BCUT2D eigenvalue weighted by Crippen LogP contribution is -2.52. The Labute approximate surface area is 125 Å². The Morgan fingerprint density at radius 2 is 2.29 bits per heavy atom. The standard InChI is InChI=1S/C14H25N5O2/c1-14(10-20,11-4-5-11)17-13(21)16-12-8-15-19(9-12)7-6-18(2)3/h8-9,11,20H,4-7,10H2,1-3H3,(H2,16,17,21). The van der Waals surface area contributed by atoms with Gasteiger partial charge in [0.05, 0.1) is 30.6 Å². The van der Waals surface area contributed by atoms with Gasteiger partial charge in [-0.15, -0.1) is 0 Å². The van der Waals surface area contributed by atoms with Crippen molar-refractivity contribution in [3.63, 3.8) is 0 Å². The quantitative estimate of drug-likeness (QED) is 0.692. The summed E-state index contributed by atoms with van der Waals surface area (Å²) >= 11 is 0. The molecule has 3 N–H and O–H groups in total. The molecule has 1 heterocycles. The monoisotopic (exact) mass is 295 g/mol. The second kappa shape index (κ2) is 6.44. The fourth-order valence-corrected chi connectivity index (χ4v) is 2.27. The van der Waals surface area contributed by atoms with Gasteiger partial charge in [-0.2, -0.15) is 5.10 Å². The zero-order valence-electron chi connectivity index (χ0n) is 13.0. The second-order valence-corrected chi connectivity index (χ2v) is 6.22. The van der Waals surface area contributed by atoms with Crippen LogP contribution in [0.2, 0.25) is 0 Å². The number of aliphatic hydroxyl groups excluding tert-OH is 1. The third-order valence-electron chi connectivity index (χ3n) is 3.87. The largest absolute Gasteiger partial charge is 0.394 e. The van der Waals surface area contributed by atoms with Gasteiger partial charge in [-0.05, 0) is 39.8 Å². The molecule has 0 radical (unpaired) electrons. The number of aromatic nitrogens is 2. The molecule has 1 fully saturated rings. The van der Waals surface area contributed by atoms with Crippen LogP contribution < -0.4 is 10.6 Å². The molecule has 1 unspecified atom stereocenters. The van der Waals surface area contributed by atoms with Gasteiger partial charge in [0, 0.05) is 12.7 Å². The van der Waals surface area contributed by atoms with Gasteiger partial charge in [-0.1, -0.05) is 0 Å². The van der Waals surface area contributed by atoms with E-state index in [1.54, 1.807) is 17.1 Å². The van der Waals surface area contributed by atoms with E-state index >= 15 is 0 Å². The molecule has 1 atom stereocenters. The first kappa shape index (κ1) is 15.8. The lowest BCUT2D eigenvalue weighted by atomic mass is 9.97. The van der Waals surface area contributed by atoms with Crippen molar-refractivity contribution < 1.29 is 9.90 Å². The van der Waals surface area contributed by atoms with Crippen molar-refractivity contribution in [1.29, 1.82) is 0 Å². The minimum Gasteiger partial charge on any atom is -0.394 e. The van der Waals surface area contributed by atoms with E-state index in [0.717, 1.165) is 25.9 Å². The van der Waals surface area contributed by atoms with Gasteiger partial charge in [0.15, 0.2) is 0 Å². The van der Waals surface area contributed by atoms with Crippen LogP contribution in [0.3, 0.4) is 0 Å². The highest BCUT2D eigenvalue weighted by Crippen LogP contribution is 2.39. The minimum atomic E-state index is -0.537. The van der Waals surface area contributed by atoms with E-state index in [-0.39, 0.29) is 12.6 Å². The maximum absolute atomic E-state index is 12.0. The molecule has 0 bridgehead atoms. The van der Waals surface area contributed by atoms with E-state index in [9.17, 15) is 9.90 Å². The van der Waals surface area contributed by atoms with Crippen molar-refractivity contribution in [2.45, 2.75) is 31.8 Å². The lowest BCUT2D eigenvalue weighted by Gasteiger charge is -2.28. The van der Waals surface area contributed by atoms with Gasteiger partial charge in [-0.3, -0.25) is 4.68 Å². The average Bonchev–Trinajstić information content (AvgIpc) is 3.19. The molecule has 21 heavy (non-hydrogen) atoms. The molecular formula is C14H25N5O2. The molecule has 1 aliphatic carbocycles. The molecule has 118 valence electrons. The topological polar surface area (TPSA) is 82.4 Å². The fourth-order valence-electron chi connectivity index (χ4n) is 2.27. The number of hydrogen-bond donors (Lipinski definition) is 3. The van der Waals surface area contributed by atoms with E-state index in [2.05, 4.69) is 20.6 Å². The number of anilines is 1. The Hall–Kier alpha value is -1.60. The van der Waals surface area contributed by atoms with E-state index < -0.39 is 5.54 Å². The summed E-state index contributed by atoms with van der Waals surface area (Å²) in [5.41, 5.74) is 0.118. The summed E-state index contributed by atoms with van der Waals surface area (Å²) in [6, 6.07) is -0.300. The van der Waals surface area contributed by atoms with Crippen LogP contribution in [0.1, 0.15) is 19.8 Å². The number of amides is 2. The summed E-state index contributed by atoms with van der Waals surface area (Å²) < 4.78 is 1.79. The molecule has 1 saturated carbocycles. The van der Waals surface area contributed by atoms with Gasteiger partial charge in [0.1, 0.15) is 0 Å². The van der Waals surface area contributed by atoms with Gasteiger partial charge in [-0.25, -0.2) is 4.79 Å².